The van der Waals surface area contributed by atoms with Crippen molar-refractivity contribution in [1.82, 2.24) is 24.7 Å². The Hall–Kier alpha value is -4.37. The van der Waals surface area contributed by atoms with Gasteiger partial charge >= 0.3 is 0 Å². The van der Waals surface area contributed by atoms with Crippen LogP contribution in [0.2, 0.25) is 0 Å². The van der Waals surface area contributed by atoms with Crippen LogP contribution in [0.5, 0.6) is 0 Å². The first-order valence-electron chi connectivity index (χ1n) is 15.1. The van der Waals surface area contributed by atoms with Crippen molar-refractivity contribution in [1.29, 1.82) is 0 Å². The summed E-state index contributed by atoms with van der Waals surface area (Å²) < 4.78 is 2.14. The molecule has 0 aliphatic carbocycles. The molecule has 3 amide bonds. The number of likely N-dealkylation sites (N-methyl/N-ethyl adjacent to an activating group) is 1. The Morgan fingerprint density at radius 2 is 1.73 bits per heavy atom. The third kappa shape index (κ3) is 6.43. The van der Waals surface area contributed by atoms with E-state index in [1.54, 1.807) is 34.8 Å². The minimum Gasteiger partial charge on any atom is -0.342 e. The normalized spacial score (nSPS) is 18.3. The summed E-state index contributed by atoms with van der Waals surface area (Å²) >= 11 is 1.76. The van der Waals surface area contributed by atoms with Crippen molar-refractivity contribution in [3.05, 3.63) is 125 Å². The van der Waals surface area contributed by atoms with Crippen LogP contribution in [-0.4, -0.2) is 62.7 Å². The van der Waals surface area contributed by atoms with Crippen molar-refractivity contribution in [3.8, 4) is 0 Å². The van der Waals surface area contributed by atoms with Gasteiger partial charge in [0, 0.05) is 62.2 Å². The van der Waals surface area contributed by atoms with Crippen LogP contribution >= 0.6 is 11.8 Å². The molecule has 0 spiro atoms. The van der Waals surface area contributed by atoms with Crippen molar-refractivity contribution >= 4 is 29.5 Å². The highest BCUT2D eigenvalue weighted by atomic mass is 32.2. The summed E-state index contributed by atoms with van der Waals surface area (Å²) in [6, 6.07) is 24.0. The van der Waals surface area contributed by atoms with Gasteiger partial charge in [-0.15, -0.1) is 11.8 Å². The van der Waals surface area contributed by atoms with Crippen LogP contribution in [0, 0.1) is 0 Å². The summed E-state index contributed by atoms with van der Waals surface area (Å²) in [4.78, 5) is 49.4. The minimum atomic E-state index is -0.757. The van der Waals surface area contributed by atoms with E-state index in [9.17, 15) is 14.4 Å². The third-order valence-corrected chi connectivity index (χ3v) is 9.71. The van der Waals surface area contributed by atoms with Gasteiger partial charge in [0.15, 0.2) is 0 Å². The van der Waals surface area contributed by atoms with Gasteiger partial charge in [-0.25, -0.2) is 0 Å². The lowest BCUT2D eigenvalue weighted by atomic mass is 9.98. The molecule has 1 saturated heterocycles. The number of hydrogen-bond acceptors (Lipinski definition) is 5. The summed E-state index contributed by atoms with van der Waals surface area (Å²) in [7, 11) is 1.76. The topological polar surface area (TPSA) is 87.5 Å². The van der Waals surface area contributed by atoms with Crippen LogP contribution < -0.4 is 5.32 Å². The molecule has 0 radical (unpaired) electrons. The second kappa shape index (κ2) is 13.5. The predicted octanol–water partition coefficient (Wildman–Crippen LogP) is 5.06. The van der Waals surface area contributed by atoms with E-state index in [0.717, 1.165) is 35.2 Å². The van der Waals surface area contributed by atoms with Crippen molar-refractivity contribution in [2.75, 3.05) is 13.6 Å². The molecule has 1 fully saturated rings. The van der Waals surface area contributed by atoms with Gasteiger partial charge in [0.1, 0.15) is 17.5 Å². The molecular formula is C35H37N5O3S. The number of nitrogens with one attached hydrogen (secondary N) is 1. The fourth-order valence-electron chi connectivity index (χ4n) is 6.18. The maximum absolute atomic E-state index is 14.0. The molecular weight excluding hydrogens is 570 g/mol. The van der Waals surface area contributed by atoms with Crippen LogP contribution in [0.15, 0.2) is 97.5 Å². The molecule has 226 valence electrons. The van der Waals surface area contributed by atoms with Crippen LogP contribution in [0.1, 0.15) is 57.4 Å². The number of piperidine rings is 1. The molecule has 0 bridgehead atoms. The molecule has 1 N–H and O–H groups in total. The Labute approximate surface area is 262 Å². The van der Waals surface area contributed by atoms with Gasteiger partial charge in [-0.05, 0) is 42.5 Å². The largest absolute Gasteiger partial charge is 0.342 e. The number of pyridine rings is 1. The second-order valence-corrected chi connectivity index (χ2v) is 12.5. The number of fused-ring (bicyclic) bond motifs is 1. The van der Waals surface area contributed by atoms with E-state index >= 15 is 0 Å². The molecule has 2 aromatic heterocycles. The molecule has 0 saturated carbocycles. The molecule has 4 heterocycles. The molecule has 2 aliphatic heterocycles. The number of amides is 3. The number of rotatable bonds is 9. The summed E-state index contributed by atoms with van der Waals surface area (Å²) in [6.07, 6.45) is 8.21. The minimum absolute atomic E-state index is 0.0679. The fraction of sp³-hybridized carbons (Fsp3) is 0.314. The standard InChI is InChI=1S/C35H37N5O3S/c1-38(23-26-13-6-3-7-14-26)34(43)29(21-25-11-4-2-5-12-25)37-32(41)30-16-8-9-19-39(30)33(42)28-17-20-40-31(28)24-44-35(40)27-15-10-18-36-22-27/h2-7,10-15,17-18,20,22,29-30,35H,8-9,16,19,21,23-24H2,1H3,(H,37,41). The first-order chi connectivity index (χ1) is 21.5. The van der Waals surface area contributed by atoms with E-state index in [1.165, 1.54) is 0 Å². The molecule has 3 unspecified atom stereocenters. The molecule has 6 rings (SSSR count). The van der Waals surface area contributed by atoms with E-state index in [1.807, 2.05) is 85.2 Å². The lowest BCUT2D eigenvalue weighted by Gasteiger charge is -2.36. The van der Waals surface area contributed by atoms with Crippen LogP contribution in [0.4, 0.5) is 0 Å². The molecule has 2 aliphatic rings. The van der Waals surface area contributed by atoms with Gasteiger partial charge in [-0.2, -0.15) is 0 Å². The highest BCUT2D eigenvalue weighted by Gasteiger charge is 2.37. The summed E-state index contributed by atoms with van der Waals surface area (Å²) in [5, 5.41) is 3.14. The van der Waals surface area contributed by atoms with Gasteiger partial charge < -0.3 is 19.7 Å². The van der Waals surface area contributed by atoms with Gasteiger partial charge in [-0.1, -0.05) is 66.7 Å². The van der Waals surface area contributed by atoms with E-state index < -0.39 is 12.1 Å². The number of nitrogens with zero attached hydrogens (tertiary/aromatic N) is 4. The zero-order valence-corrected chi connectivity index (χ0v) is 25.7. The smallest absolute Gasteiger partial charge is 0.256 e. The van der Waals surface area contributed by atoms with Crippen molar-refractivity contribution in [3.63, 3.8) is 0 Å². The van der Waals surface area contributed by atoms with Crippen LogP contribution in [0.3, 0.4) is 0 Å². The molecule has 4 aromatic rings. The van der Waals surface area contributed by atoms with E-state index in [2.05, 4.69) is 20.9 Å². The highest BCUT2D eigenvalue weighted by molar-refractivity contribution is 7.99. The van der Waals surface area contributed by atoms with Crippen molar-refractivity contribution in [2.45, 2.75) is 55.4 Å². The monoisotopic (exact) mass is 607 g/mol. The zero-order valence-electron chi connectivity index (χ0n) is 24.8. The Balaban J connectivity index is 1.20. The Bertz CT molecular complexity index is 1590. The van der Waals surface area contributed by atoms with Crippen molar-refractivity contribution in [2.24, 2.45) is 0 Å². The molecule has 2 aromatic carbocycles. The van der Waals surface area contributed by atoms with Gasteiger partial charge in [0.2, 0.25) is 11.8 Å². The number of thioether (sulfide) groups is 1. The molecule has 3 atom stereocenters. The van der Waals surface area contributed by atoms with E-state index in [-0.39, 0.29) is 23.1 Å². The summed E-state index contributed by atoms with van der Waals surface area (Å²) in [5.41, 5.74) is 4.68. The SMILES string of the molecule is CN(Cc1ccccc1)C(=O)C(Cc1ccccc1)NC(=O)C1CCCCN1C(=O)c1ccn2c1CSC2c1cccnc1. The number of hydrogen-bond donors (Lipinski definition) is 1. The van der Waals surface area contributed by atoms with Gasteiger partial charge in [0.25, 0.3) is 5.91 Å². The first kappa shape index (κ1) is 29.7. The number of aromatic nitrogens is 2. The maximum atomic E-state index is 14.0. The Morgan fingerprint density at radius 3 is 2.45 bits per heavy atom. The van der Waals surface area contributed by atoms with Crippen molar-refractivity contribution < 1.29 is 14.4 Å². The average molecular weight is 608 g/mol. The third-order valence-electron chi connectivity index (χ3n) is 8.46. The summed E-state index contributed by atoms with van der Waals surface area (Å²) in [5.74, 6) is 0.139. The number of carbonyl (C=O) groups excluding carboxylic acids is 3. The number of likely N-dealkylation sites (tertiary alicyclic amines) is 1. The number of benzene rings is 2. The molecule has 9 heteroatoms. The quantitative estimate of drug-likeness (QED) is 0.288. The second-order valence-electron chi connectivity index (χ2n) is 11.5. The molecule has 8 nitrogen and oxygen atoms in total. The highest BCUT2D eigenvalue weighted by Crippen LogP contribution is 2.42. The average Bonchev–Trinajstić information content (AvgIpc) is 3.68. The molecule has 44 heavy (non-hydrogen) atoms. The van der Waals surface area contributed by atoms with E-state index in [4.69, 9.17) is 0 Å². The zero-order chi connectivity index (χ0) is 30.5. The lowest BCUT2D eigenvalue weighted by Crippen LogP contribution is -2.56. The predicted molar refractivity (Wildman–Crippen MR) is 172 cm³/mol. The van der Waals surface area contributed by atoms with Crippen LogP contribution in [-0.2, 0) is 28.3 Å². The fourth-order valence-corrected chi connectivity index (χ4v) is 7.50. The van der Waals surface area contributed by atoms with Gasteiger partial charge in [-0.3, -0.25) is 19.4 Å². The first-order valence-corrected chi connectivity index (χ1v) is 16.2. The summed E-state index contributed by atoms with van der Waals surface area (Å²) in [6.45, 7) is 0.943. The maximum Gasteiger partial charge on any atom is 0.256 e. The van der Waals surface area contributed by atoms with Gasteiger partial charge in [0.05, 0.1) is 5.56 Å². The Morgan fingerprint density at radius 1 is 0.977 bits per heavy atom. The number of carbonyl (C=O) groups is 3. The van der Waals surface area contributed by atoms with Crippen LogP contribution in [0.25, 0.3) is 0 Å². The van der Waals surface area contributed by atoms with E-state index in [0.29, 0.717) is 37.2 Å². The lowest BCUT2D eigenvalue weighted by molar-refractivity contribution is -0.137. The Kier molecular flexibility index (Phi) is 9.12.